The normalized spacial score (nSPS) is 10.7. The number of rotatable bonds is 4. The van der Waals surface area contributed by atoms with Crippen LogP contribution in [-0.4, -0.2) is 9.78 Å². The van der Waals surface area contributed by atoms with E-state index < -0.39 is 0 Å². The second-order valence-corrected chi connectivity index (χ2v) is 6.11. The maximum absolute atomic E-state index is 6.15. The van der Waals surface area contributed by atoms with E-state index in [0.29, 0.717) is 28.2 Å². The van der Waals surface area contributed by atoms with Crippen molar-refractivity contribution in [3.63, 3.8) is 0 Å². The average molecular weight is 366 g/mol. The fourth-order valence-corrected chi connectivity index (χ4v) is 2.60. The first kappa shape index (κ1) is 16.1. The van der Waals surface area contributed by atoms with Gasteiger partial charge in [-0.15, -0.1) is 5.10 Å². The molecule has 0 aliphatic rings. The van der Waals surface area contributed by atoms with E-state index in [4.69, 9.17) is 39.8 Å². The molecule has 7 heteroatoms. The molecule has 0 saturated carbocycles. The van der Waals surface area contributed by atoms with Crippen molar-refractivity contribution in [2.75, 3.05) is 5.32 Å². The summed E-state index contributed by atoms with van der Waals surface area (Å²) in [6.07, 6.45) is 0. The van der Waals surface area contributed by atoms with E-state index in [1.54, 1.807) is 10.7 Å². The number of nitrogens with zero attached hydrogens (tertiary/aromatic N) is 2. The number of hydrogen-bond acceptors (Lipinski definition) is 4. The van der Waals surface area contributed by atoms with Crippen LogP contribution in [0.3, 0.4) is 0 Å². The molecule has 2 aromatic carbocycles. The van der Waals surface area contributed by atoms with Crippen LogP contribution in [0.25, 0.3) is 11.5 Å². The molecule has 1 heterocycles. The maximum Gasteiger partial charge on any atom is 0.289 e. The third-order valence-corrected chi connectivity index (χ3v) is 4.35. The maximum atomic E-state index is 6.15. The lowest BCUT2D eigenvalue weighted by atomic mass is 10.2. The summed E-state index contributed by atoms with van der Waals surface area (Å²) in [6.45, 7) is 2.32. The quantitative estimate of drug-likeness (QED) is 0.614. The van der Waals surface area contributed by atoms with E-state index in [1.165, 1.54) is 0 Å². The number of benzene rings is 2. The van der Waals surface area contributed by atoms with Gasteiger partial charge in [-0.1, -0.05) is 41.4 Å². The Bertz CT molecular complexity index is 904. The van der Waals surface area contributed by atoms with Gasteiger partial charge in [-0.05, 0) is 49.0 Å². The smallest absolute Gasteiger partial charge is 0.289 e. The molecule has 3 aromatic rings. The van der Waals surface area contributed by atoms with E-state index in [0.717, 1.165) is 11.3 Å². The number of aromatic nitrogens is 2. The molecular formula is C16H13Cl2N3OS. The third kappa shape index (κ3) is 3.58. The van der Waals surface area contributed by atoms with Gasteiger partial charge in [-0.25, -0.2) is 4.68 Å². The molecule has 0 amide bonds. The van der Waals surface area contributed by atoms with Crippen LogP contribution in [-0.2, 0) is 6.67 Å². The zero-order valence-corrected chi connectivity index (χ0v) is 14.5. The number of anilines is 1. The van der Waals surface area contributed by atoms with Crippen LogP contribution in [0, 0.1) is 11.8 Å². The molecule has 0 spiro atoms. The van der Waals surface area contributed by atoms with Crippen molar-refractivity contribution in [2.45, 2.75) is 13.6 Å². The van der Waals surface area contributed by atoms with Gasteiger partial charge in [-0.2, -0.15) is 0 Å². The summed E-state index contributed by atoms with van der Waals surface area (Å²) >= 11 is 17.5. The number of halogens is 2. The molecular weight excluding hydrogens is 353 g/mol. The van der Waals surface area contributed by atoms with Crippen molar-refractivity contribution < 1.29 is 4.42 Å². The van der Waals surface area contributed by atoms with Gasteiger partial charge in [0.2, 0.25) is 5.89 Å². The first-order valence-electron chi connectivity index (χ1n) is 6.87. The van der Waals surface area contributed by atoms with Crippen LogP contribution in [0.1, 0.15) is 5.56 Å². The SMILES string of the molecule is Cc1ccc(NCn2nc(-c3ccccc3Cl)oc2=S)cc1Cl. The highest BCUT2D eigenvalue weighted by atomic mass is 35.5. The molecule has 0 saturated heterocycles. The molecule has 23 heavy (non-hydrogen) atoms. The van der Waals surface area contributed by atoms with Gasteiger partial charge in [0.25, 0.3) is 4.84 Å². The predicted octanol–water partition coefficient (Wildman–Crippen LogP) is 5.56. The van der Waals surface area contributed by atoms with Gasteiger partial charge in [0.15, 0.2) is 0 Å². The number of aryl methyl sites for hydroxylation is 1. The molecule has 1 aromatic heterocycles. The lowest BCUT2D eigenvalue weighted by molar-refractivity contribution is 0.522. The van der Waals surface area contributed by atoms with E-state index in [9.17, 15) is 0 Å². The molecule has 0 aliphatic carbocycles. The average Bonchev–Trinajstić information content (AvgIpc) is 2.90. The molecule has 0 unspecified atom stereocenters. The Labute approximate surface area is 148 Å². The van der Waals surface area contributed by atoms with Gasteiger partial charge in [0.05, 0.1) is 10.6 Å². The van der Waals surface area contributed by atoms with Gasteiger partial charge >= 0.3 is 0 Å². The van der Waals surface area contributed by atoms with Gasteiger partial charge in [0, 0.05) is 10.7 Å². The van der Waals surface area contributed by atoms with Crippen LogP contribution in [0.5, 0.6) is 0 Å². The van der Waals surface area contributed by atoms with Crippen LogP contribution >= 0.6 is 35.4 Å². The molecule has 0 aliphatic heterocycles. The summed E-state index contributed by atoms with van der Waals surface area (Å²) in [5.41, 5.74) is 2.61. The summed E-state index contributed by atoms with van der Waals surface area (Å²) in [6, 6.07) is 13.1. The van der Waals surface area contributed by atoms with E-state index in [1.807, 2.05) is 43.3 Å². The fourth-order valence-electron chi connectivity index (χ4n) is 2.02. The van der Waals surface area contributed by atoms with Crippen LogP contribution in [0.15, 0.2) is 46.9 Å². The monoisotopic (exact) mass is 365 g/mol. The number of hydrogen-bond donors (Lipinski definition) is 1. The Balaban J connectivity index is 1.80. The molecule has 0 atom stereocenters. The summed E-state index contributed by atoms with van der Waals surface area (Å²) < 4.78 is 7.09. The zero-order chi connectivity index (χ0) is 16.4. The summed E-state index contributed by atoms with van der Waals surface area (Å²) in [4.78, 5) is 0.269. The summed E-state index contributed by atoms with van der Waals surface area (Å²) in [5.74, 6) is 0.393. The first-order valence-corrected chi connectivity index (χ1v) is 8.04. The number of nitrogens with one attached hydrogen (secondary N) is 1. The van der Waals surface area contributed by atoms with Crippen molar-refractivity contribution in [2.24, 2.45) is 0 Å². The van der Waals surface area contributed by atoms with Gasteiger partial charge in [-0.3, -0.25) is 0 Å². The fraction of sp³-hybridized carbons (Fsp3) is 0.125. The van der Waals surface area contributed by atoms with Crippen molar-refractivity contribution in [1.29, 1.82) is 0 Å². The molecule has 0 fully saturated rings. The molecule has 0 radical (unpaired) electrons. The second-order valence-electron chi connectivity index (χ2n) is 4.95. The van der Waals surface area contributed by atoms with Crippen molar-refractivity contribution in [1.82, 2.24) is 9.78 Å². The molecule has 0 bridgehead atoms. The highest BCUT2D eigenvalue weighted by Crippen LogP contribution is 2.26. The van der Waals surface area contributed by atoms with Gasteiger partial charge < -0.3 is 9.73 Å². The first-order chi connectivity index (χ1) is 11.0. The third-order valence-electron chi connectivity index (χ3n) is 3.32. The minimum absolute atomic E-state index is 0.269. The Kier molecular flexibility index (Phi) is 4.71. The standard InChI is InChI=1S/C16H13Cl2N3OS/c1-10-6-7-11(8-14(10)18)19-9-21-16(23)22-15(20-21)12-4-2-3-5-13(12)17/h2-8,19H,9H2,1H3. The Morgan fingerprint density at radius 1 is 1.17 bits per heavy atom. The Hall–Kier alpha value is -1.82. The Morgan fingerprint density at radius 3 is 2.70 bits per heavy atom. The van der Waals surface area contributed by atoms with Crippen LogP contribution < -0.4 is 5.32 Å². The molecule has 1 N–H and O–H groups in total. The minimum Gasteiger partial charge on any atom is -0.409 e. The zero-order valence-electron chi connectivity index (χ0n) is 12.2. The Morgan fingerprint density at radius 2 is 1.96 bits per heavy atom. The summed E-state index contributed by atoms with van der Waals surface area (Å²) in [7, 11) is 0. The van der Waals surface area contributed by atoms with Crippen molar-refractivity contribution >= 4 is 41.1 Å². The molecule has 4 nitrogen and oxygen atoms in total. The lowest BCUT2D eigenvalue weighted by Crippen LogP contribution is -2.09. The summed E-state index contributed by atoms with van der Waals surface area (Å²) in [5, 5.41) is 8.84. The van der Waals surface area contributed by atoms with E-state index in [2.05, 4.69) is 10.4 Å². The lowest BCUT2D eigenvalue weighted by Gasteiger charge is -2.07. The molecule has 118 valence electrons. The van der Waals surface area contributed by atoms with E-state index in [-0.39, 0.29) is 4.84 Å². The molecule has 3 rings (SSSR count). The van der Waals surface area contributed by atoms with E-state index >= 15 is 0 Å². The van der Waals surface area contributed by atoms with Crippen molar-refractivity contribution in [3.05, 3.63) is 62.9 Å². The second kappa shape index (κ2) is 6.74. The topological polar surface area (TPSA) is 43.0 Å². The van der Waals surface area contributed by atoms with Crippen molar-refractivity contribution in [3.8, 4) is 11.5 Å². The highest BCUT2D eigenvalue weighted by molar-refractivity contribution is 7.71. The van der Waals surface area contributed by atoms with Crippen LogP contribution in [0.2, 0.25) is 10.0 Å². The predicted molar refractivity (Wildman–Crippen MR) is 95.6 cm³/mol. The van der Waals surface area contributed by atoms with Gasteiger partial charge in [0.1, 0.15) is 6.67 Å². The highest BCUT2D eigenvalue weighted by Gasteiger charge is 2.11. The van der Waals surface area contributed by atoms with Crippen LogP contribution in [0.4, 0.5) is 5.69 Å². The minimum atomic E-state index is 0.269. The largest absolute Gasteiger partial charge is 0.409 e.